The Balaban J connectivity index is 1.73. The van der Waals surface area contributed by atoms with Crippen molar-refractivity contribution in [2.24, 2.45) is 0 Å². The molecular formula is C18H15N3O4S. The van der Waals surface area contributed by atoms with Gasteiger partial charge < -0.3 is 10.1 Å². The zero-order valence-corrected chi connectivity index (χ0v) is 14.7. The number of carbonyl (C=O) groups is 1. The van der Waals surface area contributed by atoms with Crippen molar-refractivity contribution in [3.05, 3.63) is 80.3 Å². The van der Waals surface area contributed by atoms with E-state index in [1.165, 1.54) is 23.5 Å². The maximum Gasteiger partial charge on any atom is 0.271 e. The first kappa shape index (κ1) is 17.6. The molecule has 1 N–H and O–H groups in total. The molecule has 0 fully saturated rings. The van der Waals surface area contributed by atoms with Gasteiger partial charge in [0.05, 0.1) is 21.8 Å². The molecule has 0 atom stereocenters. The van der Waals surface area contributed by atoms with Crippen molar-refractivity contribution in [1.82, 2.24) is 4.98 Å². The fourth-order valence-corrected chi connectivity index (χ4v) is 2.79. The Kier molecular flexibility index (Phi) is 5.23. The monoisotopic (exact) mass is 369 g/mol. The zero-order valence-electron chi connectivity index (χ0n) is 13.8. The summed E-state index contributed by atoms with van der Waals surface area (Å²) in [5.74, 6) is 0.175. The van der Waals surface area contributed by atoms with Crippen LogP contribution in [0.3, 0.4) is 0 Å². The predicted octanol–water partition coefficient (Wildman–Crippen LogP) is 4.19. The van der Waals surface area contributed by atoms with Crippen LogP contribution >= 0.6 is 11.3 Å². The second-order valence-corrected chi connectivity index (χ2v) is 6.23. The highest BCUT2D eigenvalue weighted by Crippen LogP contribution is 2.23. The third-order valence-electron chi connectivity index (χ3n) is 3.65. The fraction of sp³-hybridized carbons (Fsp3) is 0.111. The van der Waals surface area contributed by atoms with Crippen LogP contribution in [-0.2, 0) is 6.61 Å². The van der Waals surface area contributed by atoms with E-state index in [0.717, 1.165) is 11.3 Å². The van der Waals surface area contributed by atoms with E-state index in [9.17, 15) is 14.9 Å². The van der Waals surface area contributed by atoms with Crippen LogP contribution in [0, 0.1) is 17.0 Å². The first-order valence-corrected chi connectivity index (χ1v) is 8.63. The van der Waals surface area contributed by atoms with E-state index in [1.807, 2.05) is 5.38 Å². The third-order valence-corrected chi connectivity index (χ3v) is 4.28. The van der Waals surface area contributed by atoms with Crippen LogP contribution in [-0.4, -0.2) is 15.8 Å². The number of aromatic nitrogens is 1. The van der Waals surface area contributed by atoms with Crippen LogP contribution in [0.25, 0.3) is 0 Å². The summed E-state index contributed by atoms with van der Waals surface area (Å²) >= 11 is 1.49. The Morgan fingerprint density at radius 3 is 2.88 bits per heavy atom. The Hall–Kier alpha value is -3.26. The summed E-state index contributed by atoms with van der Waals surface area (Å²) in [6.45, 7) is 2.09. The molecule has 0 unspecified atom stereocenters. The quantitative estimate of drug-likeness (QED) is 0.519. The minimum atomic E-state index is -0.498. The molecule has 0 saturated carbocycles. The van der Waals surface area contributed by atoms with Gasteiger partial charge in [-0.05, 0) is 30.7 Å². The molecule has 8 heteroatoms. The Morgan fingerprint density at radius 2 is 2.15 bits per heavy atom. The molecule has 2 aromatic carbocycles. The van der Waals surface area contributed by atoms with Crippen molar-refractivity contribution in [2.75, 3.05) is 5.32 Å². The van der Waals surface area contributed by atoms with Gasteiger partial charge in [-0.2, -0.15) is 0 Å². The number of amides is 1. The van der Waals surface area contributed by atoms with E-state index in [4.69, 9.17) is 4.74 Å². The molecule has 0 radical (unpaired) electrons. The summed E-state index contributed by atoms with van der Waals surface area (Å²) in [6.07, 6.45) is 0. The van der Waals surface area contributed by atoms with E-state index in [-0.39, 0.29) is 11.6 Å². The molecule has 0 spiro atoms. The maximum atomic E-state index is 12.5. The maximum absolute atomic E-state index is 12.5. The molecule has 3 rings (SSSR count). The number of nitro groups is 1. The van der Waals surface area contributed by atoms with Crippen molar-refractivity contribution >= 4 is 28.6 Å². The molecule has 1 aromatic heterocycles. The summed E-state index contributed by atoms with van der Waals surface area (Å²) in [4.78, 5) is 27.0. The first-order valence-electron chi connectivity index (χ1n) is 7.69. The van der Waals surface area contributed by atoms with Crippen LogP contribution in [0.15, 0.2) is 53.4 Å². The van der Waals surface area contributed by atoms with Gasteiger partial charge in [0.2, 0.25) is 0 Å². The molecule has 0 bridgehead atoms. The standard InChI is InChI=1S/C18H15N3O4S/c1-12-5-6-15(21(23)24)8-17(12)20-18(22)13-3-2-4-16(7-13)25-9-14-10-26-11-19-14/h2-8,10-11H,9H2,1H3,(H,20,22). The van der Waals surface area contributed by atoms with Crippen molar-refractivity contribution in [1.29, 1.82) is 0 Å². The lowest BCUT2D eigenvalue weighted by Crippen LogP contribution is -2.13. The number of ether oxygens (including phenoxy) is 1. The highest BCUT2D eigenvalue weighted by molar-refractivity contribution is 7.07. The number of rotatable bonds is 6. The van der Waals surface area contributed by atoms with Gasteiger partial charge >= 0.3 is 0 Å². The van der Waals surface area contributed by atoms with Gasteiger partial charge in [-0.1, -0.05) is 12.1 Å². The van der Waals surface area contributed by atoms with Gasteiger partial charge in [0.1, 0.15) is 12.4 Å². The minimum Gasteiger partial charge on any atom is -0.487 e. The lowest BCUT2D eigenvalue weighted by Gasteiger charge is -2.10. The predicted molar refractivity (Wildman–Crippen MR) is 98.7 cm³/mol. The minimum absolute atomic E-state index is 0.0775. The number of aryl methyl sites for hydroxylation is 1. The third kappa shape index (κ3) is 4.22. The smallest absolute Gasteiger partial charge is 0.271 e. The molecule has 0 saturated heterocycles. The number of carbonyl (C=O) groups excluding carboxylic acids is 1. The molecule has 0 aliphatic heterocycles. The number of hydrogen-bond donors (Lipinski definition) is 1. The SMILES string of the molecule is Cc1ccc([N+](=O)[O-])cc1NC(=O)c1cccc(OCc2cscn2)c1. The van der Waals surface area contributed by atoms with Crippen LogP contribution < -0.4 is 10.1 Å². The van der Waals surface area contributed by atoms with E-state index in [2.05, 4.69) is 10.3 Å². The number of hydrogen-bond acceptors (Lipinski definition) is 6. The van der Waals surface area contributed by atoms with E-state index < -0.39 is 4.92 Å². The normalized spacial score (nSPS) is 10.3. The number of nitrogens with zero attached hydrogens (tertiary/aromatic N) is 2. The second-order valence-electron chi connectivity index (χ2n) is 5.51. The summed E-state index contributed by atoms with van der Waals surface area (Å²) < 4.78 is 5.64. The Labute approximate surface area is 153 Å². The van der Waals surface area contributed by atoms with Crippen LogP contribution in [0.1, 0.15) is 21.6 Å². The van der Waals surface area contributed by atoms with E-state index in [0.29, 0.717) is 23.6 Å². The van der Waals surface area contributed by atoms with Crippen molar-refractivity contribution in [3.8, 4) is 5.75 Å². The molecular weight excluding hydrogens is 354 g/mol. The number of benzene rings is 2. The number of anilines is 1. The molecule has 0 aliphatic carbocycles. The number of nitro benzene ring substituents is 1. The van der Waals surface area contributed by atoms with Gasteiger partial charge in [-0.3, -0.25) is 14.9 Å². The Bertz CT molecular complexity index is 941. The van der Waals surface area contributed by atoms with Crippen molar-refractivity contribution in [2.45, 2.75) is 13.5 Å². The van der Waals surface area contributed by atoms with Gasteiger partial charge in [0.25, 0.3) is 11.6 Å². The number of nitrogens with one attached hydrogen (secondary N) is 1. The summed E-state index contributed by atoms with van der Waals surface area (Å²) in [7, 11) is 0. The average Bonchev–Trinajstić information content (AvgIpc) is 3.15. The summed E-state index contributed by atoms with van der Waals surface area (Å²) in [6, 6.07) is 11.1. The van der Waals surface area contributed by atoms with Crippen molar-refractivity contribution < 1.29 is 14.5 Å². The van der Waals surface area contributed by atoms with Gasteiger partial charge in [-0.15, -0.1) is 11.3 Å². The lowest BCUT2D eigenvalue weighted by atomic mass is 10.1. The highest BCUT2D eigenvalue weighted by Gasteiger charge is 2.13. The molecule has 0 aliphatic rings. The number of non-ortho nitro benzene ring substituents is 1. The highest BCUT2D eigenvalue weighted by atomic mass is 32.1. The zero-order chi connectivity index (χ0) is 18.5. The van der Waals surface area contributed by atoms with Crippen LogP contribution in [0.5, 0.6) is 5.75 Å². The van der Waals surface area contributed by atoms with Gasteiger partial charge in [-0.25, -0.2) is 4.98 Å². The fourth-order valence-electron chi connectivity index (χ4n) is 2.25. The largest absolute Gasteiger partial charge is 0.487 e. The molecule has 1 amide bonds. The van der Waals surface area contributed by atoms with Gasteiger partial charge in [0, 0.05) is 23.1 Å². The molecule has 3 aromatic rings. The first-order chi connectivity index (χ1) is 12.5. The Morgan fingerprint density at radius 1 is 1.31 bits per heavy atom. The molecule has 26 heavy (non-hydrogen) atoms. The van der Waals surface area contributed by atoms with E-state index >= 15 is 0 Å². The second kappa shape index (κ2) is 7.75. The average molecular weight is 369 g/mol. The van der Waals surface area contributed by atoms with E-state index in [1.54, 1.807) is 42.8 Å². The number of thiazole rings is 1. The van der Waals surface area contributed by atoms with Crippen LogP contribution in [0.4, 0.5) is 11.4 Å². The molecule has 1 heterocycles. The van der Waals surface area contributed by atoms with Gasteiger partial charge in [0.15, 0.2) is 0 Å². The summed E-state index contributed by atoms with van der Waals surface area (Å²) in [5.41, 5.74) is 4.00. The van der Waals surface area contributed by atoms with Crippen molar-refractivity contribution in [3.63, 3.8) is 0 Å². The molecule has 132 valence electrons. The lowest BCUT2D eigenvalue weighted by molar-refractivity contribution is -0.384. The van der Waals surface area contributed by atoms with Crippen LogP contribution in [0.2, 0.25) is 0 Å². The summed E-state index contributed by atoms with van der Waals surface area (Å²) in [5, 5.41) is 15.5. The molecule has 7 nitrogen and oxygen atoms in total. The topological polar surface area (TPSA) is 94.4 Å².